The lowest BCUT2D eigenvalue weighted by Crippen LogP contribution is -2.38. The molecule has 6 heteroatoms. The fourth-order valence-electron chi connectivity index (χ4n) is 1.64. The Hall–Kier alpha value is -1.40. The summed E-state index contributed by atoms with van der Waals surface area (Å²) in [5, 5.41) is 2.69. The van der Waals surface area contributed by atoms with Crippen molar-refractivity contribution in [3.63, 3.8) is 0 Å². The van der Waals surface area contributed by atoms with Gasteiger partial charge in [-0.15, -0.1) is 0 Å². The van der Waals surface area contributed by atoms with Gasteiger partial charge in [0.2, 0.25) is 15.9 Å². The van der Waals surface area contributed by atoms with Crippen LogP contribution in [0.2, 0.25) is 0 Å². The molecular formula is C14H22N2O3S. The monoisotopic (exact) mass is 298 g/mol. The highest BCUT2D eigenvalue weighted by molar-refractivity contribution is 7.89. The molecule has 0 radical (unpaired) electrons. The van der Waals surface area contributed by atoms with Crippen molar-refractivity contribution in [1.29, 1.82) is 0 Å². The van der Waals surface area contributed by atoms with Crippen LogP contribution in [0.25, 0.3) is 0 Å². The van der Waals surface area contributed by atoms with Crippen LogP contribution in [0, 0.1) is 0 Å². The Kier molecular flexibility index (Phi) is 7.25. The van der Waals surface area contributed by atoms with Crippen molar-refractivity contribution in [1.82, 2.24) is 10.0 Å². The van der Waals surface area contributed by atoms with Crippen molar-refractivity contribution < 1.29 is 13.2 Å². The molecule has 0 fully saturated rings. The van der Waals surface area contributed by atoms with E-state index < -0.39 is 10.0 Å². The molecule has 112 valence electrons. The number of benzene rings is 1. The van der Waals surface area contributed by atoms with Gasteiger partial charge in [0.15, 0.2) is 0 Å². The molecule has 0 saturated heterocycles. The zero-order valence-corrected chi connectivity index (χ0v) is 12.6. The highest BCUT2D eigenvalue weighted by atomic mass is 32.2. The lowest BCUT2D eigenvalue weighted by atomic mass is 10.1. The molecule has 0 saturated carbocycles. The predicted molar refractivity (Wildman–Crippen MR) is 79.9 cm³/mol. The zero-order valence-electron chi connectivity index (χ0n) is 11.8. The molecule has 1 aromatic rings. The second kappa shape index (κ2) is 8.71. The van der Waals surface area contributed by atoms with Crippen molar-refractivity contribution in [2.75, 3.05) is 18.8 Å². The maximum Gasteiger partial charge on any atom is 0.235 e. The van der Waals surface area contributed by atoms with Crippen LogP contribution < -0.4 is 10.0 Å². The van der Waals surface area contributed by atoms with Gasteiger partial charge in [-0.3, -0.25) is 4.79 Å². The fourth-order valence-corrected chi connectivity index (χ4v) is 2.80. The molecule has 0 atom stereocenters. The van der Waals surface area contributed by atoms with Gasteiger partial charge >= 0.3 is 0 Å². The number of hydrogen-bond donors (Lipinski definition) is 2. The van der Waals surface area contributed by atoms with Crippen LogP contribution in [-0.2, 0) is 21.2 Å². The van der Waals surface area contributed by atoms with Gasteiger partial charge in [-0.05, 0) is 18.4 Å². The Bertz CT molecular complexity index is 500. The Morgan fingerprint density at radius 2 is 1.90 bits per heavy atom. The summed E-state index contributed by atoms with van der Waals surface area (Å²) in [5.41, 5.74) is 1.14. The molecule has 0 aliphatic rings. The fraction of sp³-hybridized carbons (Fsp3) is 0.500. The lowest BCUT2D eigenvalue weighted by molar-refractivity contribution is -0.119. The van der Waals surface area contributed by atoms with E-state index in [4.69, 9.17) is 0 Å². The number of carbonyl (C=O) groups is 1. The highest BCUT2D eigenvalue weighted by Gasteiger charge is 2.11. The first-order valence-corrected chi connectivity index (χ1v) is 8.46. The van der Waals surface area contributed by atoms with Crippen molar-refractivity contribution in [2.24, 2.45) is 0 Å². The highest BCUT2D eigenvalue weighted by Crippen LogP contribution is 1.98. The summed E-state index contributed by atoms with van der Waals surface area (Å²) in [7, 11) is -3.33. The predicted octanol–water partition coefficient (Wildman–Crippen LogP) is 1.06. The number of sulfonamides is 1. The van der Waals surface area contributed by atoms with E-state index in [1.165, 1.54) is 0 Å². The second-order valence-corrected chi connectivity index (χ2v) is 6.51. The van der Waals surface area contributed by atoms with E-state index >= 15 is 0 Å². The molecule has 0 aliphatic carbocycles. The summed E-state index contributed by atoms with van der Waals surface area (Å²) in [6.45, 7) is 2.23. The number of hydrogen-bond acceptors (Lipinski definition) is 3. The standard InChI is InChI=1S/C14H22N2O3S/c1-2-3-11-20(18,19)16-12-14(17)15-10-9-13-7-5-4-6-8-13/h4-8,16H,2-3,9-12H2,1H3,(H,15,17). The number of rotatable bonds is 9. The van der Waals surface area contributed by atoms with Crippen molar-refractivity contribution in [3.8, 4) is 0 Å². The molecule has 20 heavy (non-hydrogen) atoms. The molecule has 5 nitrogen and oxygen atoms in total. The van der Waals surface area contributed by atoms with E-state index in [9.17, 15) is 13.2 Å². The van der Waals surface area contributed by atoms with Crippen molar-refractivity contribution in [3.05, 3.63) is 35.9 Å². The SMILES string of the molecule is CCCCS(=O)(=O)NCC(=O)NCCc1ccccc1. The maximum atomic E-state index is 11.5. The van der Waals surface area contributed by atoms with Crippen LogP contribution in [0.15, 0.2) is 30.3 Å². The summed E-state index contributed by atoms with van der Waals surface area (Å²) in [4.78, 5) is 11.5. The molecule has 0 heterocycles. The molecule has 2 N–H and O–H groups in total. The van der Waals surface area contributed by atoms with Gasteiger partial charge in [-0.1, -0.05) is 43.7 Å². The largest absolute Gasteiger partial charge is 0.355 e. The van der Waals surface area contributed by atoms with Gasteiger partial charge < -0.3 is 5.32 Å². The summed E-state index contributed by atoms with van der Waals surface area (Å²) in [6, 6.07) is 9.80. The Morgan fingerprint density at radius 1 is 1.20 bits per heavy atom. The number of unbranched alkanes of at least 4 members (excludes halogenated alkanes) is 1. The van der Waals surface area contributed by atoms with Crippen molar-refractivity contribution >= 4 is 15.9 Å². The molecular weight excluding hydrogens is 276 g/mol. The summed E-state index contributed by atoms with van der Waals surface area (Å²) >= 11 is 0. The molecule has 0 aromatic heterocycles. The first-order valence-electron chi connectivity index (χ1n) is 6.81. The number of carbonyl (C=O) groups excluding carboxylic acids is 1. The quantitative estimate of drug-likeness (QED) is 0.716. The average Bonchev–Trinajstić information content (AvgIpc) is 2.44. The van der Waals surface area contributed by atoms with E-state index in [0.717, 1.165) is 18.4 Å². The van der Waals surface area contributed by atoms with Gasteiger partial charge in [0.25, 0.3) is 0 Å². The average molecular weight is 298 g/mol. The molecule has 0 unspecified atom stereocenters. The third-order valence-corrected chi connectivity index (χ3v) is 4.21. The number of amides is 1. The summed E-state index contributed by atoms with van der Waals surface area (Å²) in [6.07, 6.45) is 2.14. The van der Waals surface area contributed by atoms with Crippen LogP contribution in [-0.4, -0.2) is 33.2 Å². The van der Waals surface area contributed by atoms with E-state index in [2.05, 4.69) is 10.0 Å². The topological polar surface area (TPSA) is 75.3 Å². The third kappa shape index (κ3) is 7.25. The number of nitrogens with one attached hydrogen (secondary N) is 2. The van der Waals surface area contributed by atoms with E-state index in [1.54, 1.807) is 0 Å². The van der Waals surface area contributed by atoms with Crippen molar-refractivity contribution in [2.45, 2.75) is 26.2 Å². The smallest absolute Gasteiger partial charge is 0.235 e. The van der Waals surface area contributed by atoms with Crippen LogP contribution in [0.5, 0.6) is 0 Å². The lowest BCUT2D eigenvalue weighted by Gasteiger charge is -2.07. The van der Waals surface area contributed by atoms with Gasteiger partial charge in [0.05, 0.1) is 12.3 Å². The minimum Gasteiger partial charge on any atom is -0.355 e. The van der Waals surface area contributed by atoms with Crippen LogP contribution >= 0.6 is 0 Å². The second-order valence-electron chi connectivity index (χ2n) is 4.58. The first-order chi connectivity index (χ1) is 9.53. The van der Waals surface area contributed by atoms with Gasteiger partial charge in [0.1, 0.15) is 0 Å². The minimum atomic E-state index is -3.33. The third-order valence-electron chi connectivity index (χ3n) is 2.80. The maximum absolute atomic E-state index is 11.5. The normalized spacial score (nSPS) is 11.2. The van der Waals surface area contributed by atoms with Gasteiger partial charge in [0, 0.05) is 6.54 Å². The van der Waals surface area contributed by atoms with E-state index in [0.29, 0.717) is 13.0 Å². The van der Waals surface area contributed by atoms with E-state index in [1.807, 2.05) is 37.3 Å². The molecule has 1 rings (SSSR count). The van der Waals surface area contributed by atoms with Crippen LogP contribution in [0.4, 0.5) is 0 Å². The Labute approximate surface area is 120 Å². The molecule has 0 bridgehead atoms. The van der Waals surface area contributed by atoms with Crippen LogP contribution in [0.3, 0.4) is 0 Å². The molecule has 1 aromatic carbocycles. The van der Waals surface area contributed by atoms with Crippen LogP contribution in [0.1, 0.15) is 25.3 Å². The molecule has 0 aliphatic heterocycles. The summed E-state index contributed by atoms with van der Waals surface area (Å²) in [5.74, 6) is -0.234. The molecule has 0 spiro atoms. The Balaban J connectivity index is 2.21. The molecule has 1 amide bonds. The first kappa shape index (κ1) is 16.7. The van der Waals surface area contributed by atoms with Gasteiger partial charge in [-0.2, -0.15) is 0 Å². The Morgan fingerprint density at radius 3 is 2.55 bits per heavy atom. The zero-order chi connectivity index (χ0) is 14.8. The van der Waals surface area contributed by atoms with Gasteiger partial charge in [-0.25, -0.2) is 13.1 Å². The minimum absolute atomic E-state index is 0.0702. The van der Waals surface area contributed by atoms with E-state index in [-0.39, 0.29) is 18.2 Å². The summed E-state index contributed by atoms with van der Waals surface area (Å²) < 4.78 is 25.3.